The Morgan fingerprint density at radius 3 is 2.39 bits per heavy atom. The zero-order valence-electron chi connectivity index (χ0n) is 11.8. The van der Waals surface area contributed by atoms with Gasteiger partial charge in [-0.1, -0.05) is 13.8 Å². The van der Waals surface area contributed by atoms with Crippen LogP contribution in [-0.4, -0.2) is 61.0 Å². The molecule has 0 aromatic heterocycles. The Labute approximate surface area is 111 Å². The summed E-state index contributed by atoms with van der Waals surface area (Å²) in [5, 5.41) is 3.28. The normalized spacial score (nSPS) is 25.9. The van der Waals surface area contributed by atoms with E-state index in [1.165, 1.54) is 12.8 Å². The van der Waals surface area contributed by atoms with Crippen molar-refractivity contribution in [2.24, 2.45) is 5.92 Å². The molecule has 1 N–H and O–H groups in total. The largest absolute Gasteiger partial charge is 0.340 e. The molecular formula is C14H27N3O. The van der Waals surface area contributed by atoms with E-state index in [2.05, 4.69) is 29.0 Å². The summed E-state index contributed by atoms with van der Waals surface area (Å²) in [7, 11) is 0. The molecule has 1 unspecified atom stereocenters. The molecule has 18 heavy (non-hydrogen) atoms. The van der Waals surface area contributed by atoms with E-state index in [1.54, 1.807) is 0 Å². The highest BCUT2D eigenvalue weighted by Crippen LogP contribution is 2.16. The summed E-state index contributed by atoms with van der Waals surface area (Å²) in [6, 6.07) is 0.704. The number of carbonyl (C=O) groups excluding carboxylic acids is 1. The number of amides is 1. The van der Waals surface area contributed by atoms with Crippen molar-refractivity contribution in [3.63, 3.8) is 0 Å². The van der Waals surface area contributed by atoms with Gasteiger partial charge in [-0.25, -0.2) is 0 Å². The molecule has 0 aromatic rings. The quantitative estimate of drug-likeness (QED) is 0.809. The van der Waals surface area contributed by atoms with Crippen molar-refractivity contribution in [2.45, 2.75) is 39.2 Å². The molecule has 4 heteroatoms. The first kappa shape index (κ1) is 13.8. The van der Waals surface area contributed by atoms with Gasteiger partial charge in [-0.05, 0) is 25.8 Å². The molecule has 0 aliphatic carbocycles. The van der Waals surface area contributed by atoms with Gasteiger partial charge in [0.25, 0.3) is 0 Å². The van der Waals surface area contributed by atoms with Crippen molar-refractivity contribution in [3.8, 4) is 0 Å². The van der Waals surface area contributed by atoms with Gasteiger partial charge in [0.2, 0.25) is 5.91 Å². The second kappa shape index (κ2) is 6.53. The van der Waals surface area contributed by atoms with Crippen molar-refractivity contribution in [1.29, 1.82) is 0 Å². The molecule has 2 aliphatic rings. The van der Waals surface area contributed by atoms with Crippen LogP contribution in [0.4, 0.5) is 0 Å². The summed E-state index contributed by atoms with van der Waals surface area (Å²) in [6.45, 7) is 10.4. The number of nitrogens with one attached hydrogen (secondary N) is 1. The summed E-state index contributed by atoms with van der Waals surface area (Å²) < 4.78 is 0. The van der Waals surface area contributed by atoms with Crippen LogP contribution in [0, 0.1) is 5.92 Å². The average molecular weight is 253 g/mol. The molecule has 104 valence electrons. The predicted molar refractivity (Wildman–Crippen MR) is 73.5 cm³/mol. The van der Waals surface area contributed by atoms with Crippen molar-refractivity contribution < 1.29 is 4.79 Å². The van der Waals surface area contributed by atoms with Gasteiger partial charge >= 0.3 is 0 Å². The topological polar surface area (TPSA) is 35.6 Å². The number of carbonyl (C=O) groups is 1. The van der Waals surface area contributed by atoms with Gasteiger partial charge in [0, 0.05) is 38.8 Å². The van der Waals surface area contributed by atoms with Crippen LogP contribution in [-0.2, 0) is 4.79 Å². The number of piperazine rings is 1. The van der Waals surface area contributed by atoms with Gasteiger partial charge in [0.1, 0.15) is 0 Å². The Kier molecular flexibility index (Phi) is 5.01. The Bertz CT molecular complexity index is 264. The number of hydrogen-bond donors (Lipinski definition) is 1. The number of rotatable bonds is 4. The lowest BCUT2D eigenvalue weighted by Gasteiger charge is -2.39. The molecule has 2 heterocycles. The summed E-state index contributed by atoms with van der Waals surface area (Å²) >= 11 is 0. The minimum Gasteiger partial charge on any atom is -0.340 e. The van der Waals surface area contributed by atoms with Gasteiger partial charge in [0.15, 0.2) is 0 Å². The lowest BCUT2D eigenvalue weighted by molar-refractivity contribution is -0.137. The van der Waals surface area contributed by atoms with Crippen LogP contribution in [0.25, 0.3) is 0 Å². The third-order valence-electron chi connectivity index (χ3n) is 4.49. The van der Waals surface area contributed by atoms with Gasteiger partial charge in [0.05, 0.1) is 5.92 Å². The standard InChI is InChI=1S/C14H27N3O/c1-3-13(4-2)16-7-9-17(10-8-16)14(18)12-5-6-15-11-12/h12-13,15H,3-11H2,1-2H3. The number of hydrogen-bond acceptors (Lipinski definition) is 3. The SMILES string of the molecule is CCC(CC)N1CCN(C(=O)C2CCNC2)CC1. The lowest BCUT2D eigenvalue weighted by atomic mass is 10.1. The van der Waals surface area contributed by atoms with E-state index in [-0.39, 0.29) is 5.92 Å². The first-order valence-electron chi connectivity index (χ1n) is 7.49. The van der Waals surface area contributed by atoms with Crippen LogP contribution in [0.1, 0.15) is 33.1 Å². The van der Waals surface area contributed by atoms with Crippen molar-refractivity contribution >= 4 is 5.91 Å². The van der Waals surface area contributed by atoms with Gasteiger partial charge in [-0.15, -0.1) is 0 Å². The van der Waals surface area contributed by atoms with Crippen LogP contribution in [0.3, 0.4) is 0 Å². The maximum Gasteiger partial charge on any atom is 0.227 e. The average Bonchev–Trinajstić information content (AvgIpc) is 2.94. The third-order valence-corrected chi connectivity index (χ3v) is 4.49. The van der Waals surface area contributed by atoms with E-state index >= 15 is 0 Å². The molecule has 0 bridgehead atoms. The molecule has 1 atom stereocenters. The molecule has 2 rings (SSSR count). The molecule has 1 amide bonds. The first-order chi connectivity index (χ1) is 8.76. The molecule has 0 aromatic carbocycles. The zero-order valence-corrected chi connectivity index (χ0v) is 11.8. The molecule has 4 nitrogen and oxygen atoms in total. The highest BCUT2D eigenvalue weighted by molar-refractivity contribution is 5.79. The van der Waals surface area contributed by atoms with Crippen molar-refractivity contribution in [2.75, 3.05) is 39.3 Å². The minimum atomic E-state index is 0.240. The maximum absolute atomic E-state index is 12.3. The van der Waals surface area contributed by atoms with Gasteiger partial charge in [-0.2, -0.15) is 0 Å². The predicted octanol–water partition coefficient (Wildman–Crippen LogP) is 0.929. The summed E-state index contributed by atoms with van der Waals surface area (Å²) in [5.74, 6) is 0.619. The van der Waals surface area contributed by atoms with Crippen LogP contribution in [0.5, 0.6) is 0 Å². The zero-order chi connectivity index (χ0) is 13.0. The third kappa shape index (κ3) is 3.04. The Hall–Kier alpha value is -0.610. The Morgan fingerprint density at radius 2 is 1.89 bits per heavy atom. The molecule has 2 saturated heterocycles. The van der Waals surface area contributed by atoms with E-state index in [1.807, 2.05) is 0 Å². The minimum absolute atomic E-state index is 0.240. The molecule has 0 saturated carbocycles. The van der Waals surface area contributed by atoms with E-state index in [4.69, 9.17) is 0 Å². The van der Waals surface area contributed by atoms with E-state index in [0.29, 0.717) is 11.9 Å². The maximum atomic E-state index is 12.3. The monoisotopic (exact) mass is 253 g/mol. The first-order valence-corrected chi connectivity index (χ1v) is 7.49. The molecule has 2 aliphatic heterocycles. The number of nitrogens with zero attached hydrogens (tertiary/aromatic N) is 2. The molecule has 0 radical (unpaired) electrons. The van der Waals surface area contributed by atoms with E-state index < -0.39 is 0 Å². The summed E-state index contributed by atoms with van der Waals surface area (Å²) in [5.41, 5.74) is 0. The fourth-order valence-electron chi connectivity index (χ4n) is 3.24. The fraction of sp³-hybridized carbons (Fsp3) is 0.929. The van der Waals surface area contributed by atoms with E-state index in [0.717, 1.165) is 45.7 Å². The van der Waals surface area contributed by atoms with Crippen LogP contribution < -0.4 is 5.32 Å². The fourth-order valence-corrected chi connectivity index (χ4v) is 3.24. The summed E-state index contributed by atoms with van der Waals surface area (Å²) in [4.78, 5) is 16.9. The van der Waals surface area contributed by atoms with Crippen molar-refractivity contribution in [1.82, 2.24) is 15.1 Å². The van der Waals surface area contributed by atoms with Crippen LogP contribution >= 0.6 is 0 Å². The molecular weight excluding hydrogens is 226 g/mol. The second-order valence-electron chi connectivity index (χ2n) is 5.52. The second-order valence-corrected chi connectivity index (χ2v) is 5.52. The Morgan fingerprint density at radius 1 is 1.22 bits per heavy atom. The van der Waals surface area contributed by atoms with Crippen LogP contribution in [0.15, 0.2) is 0 Å². The molecule has 0 spiro atoms. The van der Waals surface area contributed by atoms with Crippen LogP contribution in [0.2, 0.25) is 0 Å². The van der Waals surface area contributed by atoms with Gasteiger partial charge < -0.3 is 10.2 Å². The highest BCUT2D eigenvalue weighted by atomic mass is 16.2. The van der Waals surface area contributed by atoms with E-state index in [9.17, 15) is 4.79 Å². The lowest BCUT2D eigenvalue weighted by Crippen LogP contribution is -2.53. The molecule has 2 fully saturated rings. The van der Waals surface area contributed by atoms with Crippen molar-refractivity contribution in [3.05, 3.63) is 0 Å². The Balaban J connectivity index is 1.80. The highest BCUT2D eigenvalue weighted by Gasteiger charge is 2.30. The van der Waals surface area contributed by atoms with Gasteiger partial charge in [-0.3, -0.25) is 9.69 Å². The smallest absolute Gasteiger partial charge is 0.227 e. The summed E-state index contributed by atoms with van der Waals surface area (Å²) in [6.07, 6.45) is 3.46.